The topological polar surface area (TPSA) is 54.0 Å². The highest BCUT2D eigenvalue weighted by Gasteiger charge is 2.08. The van der Waals surface area contributed by atoms with Gasteiger partial charge >= 0.3 is 0 Å². The standard InChI is InChI=1S/C10H10N4/c1-7(2)9-5-14-10(12-6-13-14)3-8(9)4-11/h3,5-7H,1-2H3. The first kappa shape index (κ1) is 8.70. The molecule has 4 heteroatoms. The largest absolute Gasteiger partial charge is 0.221 e. The number of rotatable bonds is 1. The molecule has 0 fully saturated rings. The molecule has 0 unspecified atom stereocenters. The third kappa shape index (κ3) is 1.23. The van der Waals surface area contributed by atoms with E-state index in [1.54, 1.807) is 10.6 Å². The van der Waals surface area contributed by atoms with Crippen molar-refractivity contribution in [1.29, 1.82) is 5.26 Å². The maximum Gasteiger partial charge on any atom is 0.156 e. The van der Waals surface area contributed by atoms with Gasteiger partial charge < -0.3 is 0 Å². The van der Waals surface area contributed by atoms with Gasteiger partial charge in [-0.05, 0) is 11.5 Å². The van der Waals surface area contributed by atoms with Crippen LogP contribution in [0.1, 0.15) is 30.9 Å². The van der Waals surface area contributed by atoms with Crippen LogP contribution in [0.25, 0.3) is 5.65 Å². The number of hydrogen-bond donors (Lipinski definition) is 0. The molecule has 14 heavy (non-hydrogen) atoms. The van der Waals surface area contributed by atoms with Gasteiger partial charge in [-0.1, -0.05) is 13.8 Å². The van der Waals surface area contributed by atoms with E-state index in [1.165, 1.54) is 6.33 Å². The zero-order valence-corrected chi connectivity index (χ0v) is 8.10. The van der Waals surface area contributed by atoms with Crippen molar-refractivity contribution in [3.05, 3.63) is 29.7 Å². The number of nitrogens with zero attached hydrogens (tertiary/aromatic N) is 4. The molecule has 0 radical (unpaired) electrons. The predicted octanol–water partition coefficient (Wildman–Crippen LogP) is 1.72. The molecule has 0 atom stereocenters. The summed E-state index contributed by atoms with van der Waals surface area (Å²) in [6, 6.07) is 3.94. The molecule has 2 aromatic rings. The van der Waals surface area contributed by atoms with E-state index in [0.29, 0.717) is 17.1 Å². The monoisotopic (exact) mass is 186 g/mol. The summed E-state index contributed by atoms with van der Waals surface area (Å²) in [6.45, 7) is 4.11. The van der Waals surface area contributed by atoms with Gasteiger partial charge in [0.2, 0.25) is 0 Å². The first-order chi connectivity index (χ1) is 6.72. The van der Waals surface area contributed by atoms with Crippen LogP contribution in [-0.4, -0.2) is 14.6 Å². The SMILES string of the molecule is CC(C)c1cn2ncnc2cc1C#N. The molecular weight excluding hydrogens is 176 g/mol. The Balaban J connectivity index is 2.74. The molecule has 0 saturated heterocycles. The summed E-state index contributed by atoms with van der Waals surface area (Å²) < 4.78 is 1.69. The summed E-state index contributed by atoms with van der Waals surface area (Å²) >= 11 is 0. The van der Waals surface area contributed by atoms with E-state index in [0.717, 1.165) is 5.56 Å². The summed E-state index contributed by atoms with van der Waals surface area (Å²) in [4.78, 5) is 4.03. The van der Waals surface area contributed by atoms with Crippen molar-refractivity contribution >= 4 is 5.65 Å². The highest BCUT2D eigenvalue weighted by molar-refractivity contribution is 5.49. The Morgan fingerprint density at radius 1 is 1.50 bits per heavy atom. The molecule has 0 saturated carbocycles. The van der Waals surface area contributed by atoms with Gasteiger partial charge in [0.25, 0.3) is 0 Å². The van der Waals surface area contributed by atoms with Gasteiger partial charge in [0.05, 0.1) is 11.6 Å². The van der Waals surface area contributed by atoms with Crippen LogP contribution in [0, 0.1) is 11.3 Å². The van der Waals surface area contributed by atoms with E-state index >= 15 is 0 Å². The summed E-state index contributed by atoms with van der Waals surface area (Å²) in [5.41, 5.74) is 2.40. The molecular formula is C10H10N4. The Bertz CT molecular complexity index is 504. The molecule has 2 heterocycles. The maximum absolute atomic E-state index is 8.96. The van der Waals surface area contributed by atoms with E-state index in [9.17, 15) is 0 Å². The molecule has 4 nitrogen and oxygen atoms in total. The fourth-order valence-electron chi connectivity index (χ4n) is 1.43. The highest BCUT2D eigenvalue weighted by Crippen LogP contribution is 2.19. The molecule has 0 aromatic carbocycles. The summed E-state index contributed by atoms with van der Waals surface area (Å²) in [5.74, 6) is 0.318. The minimum absolute atomic E-state index is 0.318. The van der Waals surface area contributed by atoms with Crippen LogP contribution in [0.3, 0.4) is 0 Å². The number of hydrogen-bond acceptors (Lipinski definition) is 3. The minimum atomic E-state index is 0.318. The molecule has 70 valence electrons. The summed E-state index contributed by atoms with van der Waals surface area (Å²) in [7, 11) is 0. The lowest BCUT2D eigenvalue weighted by atomic mass is 10.0. The Morgan fingerprint density at radius 2 is 2.29 bits per heavy atom. The van der Waals surface area contributed by atoms with Gasteiger partial charge in [-0.2, -0.15) is 10.4 Å². The average molecular weight is 186 g/mol. The third-order valence-corrected chi connectivity index (χ3v) is 2.19. The van der Waals surface area contributed by atoms with Crippen molar-refractivity contribution in [2.75, 3.05) is 0 Å². The zero-order valence-electron chi connectivity index (χ0n) is 8.10. The quantitative estimate of drug-likeness (QED) is 0.681. The smallest absolute Gasteiger partial charge is 0.156 e. The number of aromatic nitrogens is 3. The summed E-state index contributed by atoms with van der Waals surface area (Å²) in [6.07, 6.45) is 3.35. The molecule has 0 aliphatic heterocycles. The van der Waals surface area contributed by atoms with E-state index in [2.05, 4.69) is 30.0 Å². The normalized spacial score (nSPS) is 10.7. The Morgan fingerprint density at radius 3 is 2.93 bits per heavy atom. The van der Waals surface area contributed by atoms with Gasteiger partial charge in [-0.15, -0.1) is 0 Å². The van der Waals surface area contributed by atoms with Crippen LogP contribution < -0.4 is 0 Å². The van der Waals surface area contributed by atoms with Crippen LogP contribution in [-0.2, 0) is 0 Å². The van der Waals surface area contributed by atoms with E-state index in [4.69, 9.17) is 5.26 Å². The third-order valence-electron chi connectivity index (χ3n) is 2.19. The molecule has 2 aromatic heterocycles. The van der Waals surface area contributed by atoms with E-state index in [-0.39, 0.29) is 0 Å². The molecule has 0 spiro atoms. The molecule has 0 aliphatic carbocycles. The molecule has 2 rings (SSSR count). The Hall–Kier alpha value is -1.89. The second kappa shape index (κ2) is 3.11. The Kier molecular flexibility index (Phi) is 1.93. The van der Waals surface area contributed by atoms with E-state index in [1.807, 2.05) is 6.20 Å². The highest BCUT2D eigenvalue weighted by atomic mass is 15.3. The second-order valence-corrected chi connectivity index (χ2v) is 3.47. The molecule has 0 amide bonds. The predicted molar refractivity (Wildman–Crippen MR) is 51.8 cm³/mol. The van der Waals surface area contributed by atoms with Crippen molar-refractivity contribution in [2.24, 2.45) is 0 Å². The van der Waals surface area contributed by atoms with Crippen LogP contribution in [0.4, 0.5) is 0 Å². The van der Waals surface area contributed by atoms with Crippen LogP contribution in [0.2, 0.25) is 0 Å². The lowest BCUT2D eigenvalue weighted by Gasteiger charge is -2.07. The number of pyridine rings is 1. The van der Waals surface area contributed by atoms with E-state index < -0.39 is 0 Å². The maximum atomic E-state index is 8.96. The minimum Gasteiger partial charge on any atom is -0.221 e. The van der Waals surface area contributed by atoms with Crippen LogP contribution >= 0.6 is 0 Å². The molecule has 0 N–H and O–H groups in total. The van der Waals surface area contributed by atoms with Gasteiger partial charge in [0, 0.05) is 12.3 Å². The first-order valence-corrected chi connectivity index (χ1v) is 4.45. The van der Waals surface area contributed by atoms with Crippen LogP contribution in [0.5, 0.6) is 0 Å². The Labute approximate surface area is 81.8 Å². The molecule has 0 aliphatic rings. The van der Waals surface area contributed by atoms with Crippen LogP contribution in [0.15, 0.2) is 18.6 Å². The fraction of sp³-hybridized carbons (Fsp3) is 0.300. The lowest BCUT2D eigenvalue weighted by Crippen LogP contribution is -1.98. The van der Waals surface area contributed by atoms with Gasteiger partial charge in [-0.25, -0.2) is 9.50 Å². The average Bonchev–Trinajstić information content (AvgIpc) is 2.62. The van der Waals surface area contributed by atoms with Gasteiger partial charge in [0.15, 0.2) is 5.65 Å². The fourth-order valence-corrected chi connectivity index (χ4v) is 1.43. The second-order valence-electron chi connectivity index (χ2n) is 3.47. The van der Waals surface area contributed by atoms with Gasteiger partial charge in [0.1, 0.15) is 6.33 Å². The number of fused-ring (bicyclic) bond motifs is 1. The number of nitriles is 1. The van der Waals surface area contributed by atoms with Crippen molar-refractivity contribution in [3.8, 4) is 6.07 Å². The van der Waals surface area contributed by atoms with Gasteiger partial charge in [-0.3, -0.25) is 0 Å². The van der Waals surface area contributed by atoms with Crippen molar-refractivity contribution in [1.82, 2.24) is 14.6 Å². The summed E-state index contributed by atoms with van der Waals surface area (Å²) in [5, 5.41) is 13.0. The van der Waals surface area contributed by atoms with Crippen molar-refractivity contribution < 1.29 is 0 Å². The zero-order chi connectivity index (χ0) is 10.1. The van der Waals surface area contributed by atoms with Crippen molar-refractivity contribution in [2.45, 2.75) is 19.8 Å². The lowest BCUT2D eigenvalue weighted by molar-refractivity contribution is 0.831. The van der Waals surface area contributed by atoms with Crippen molar-refractivity contribution in [3.63, 3.8) is 0 Å². The molecule has 0 bridgehead atoms. The first-order valence-electron chi connectivity index (χ1n) is 4.45.